The normalized spacial score (nSPS) is 11.4. The van der Waals surface area contributed by atoms with E-state index < -0.39 is 0 Å². The van der Waals surface area contributed by atoms with Gasteiger partial charge in [-0.2, -0.15) is 0 Å². The minimum atomic E-state index is 0.878. The Morgan fingerprint density at radius 1 is 0.340 bits per heavy atom. The summed E-state index contributed by atoms with van der Waals surface area (Å²) < 4.78 is 0. The van der Waals surface area contributed by atoms with Crippen molar-refractivity contribution in [1.82, 2.24) is 4.98 Å². The van der Waals surface area contributed by atoms with Crippen LogP contribution in [-0.2, 0) is 0 Å². The van der Waals surface area contributed by atoms with E-state index in [-0.39, 0.29) is 0 Å². The topological polar surface area (TPSA) is 16.1 Å². The molecule has 0 aliphatic rings. The highest BCUT2D eigenvalue weighted by Crippen LogP contribution is 2.50. The number of para-hydroxylation sites is 2. The Morgan fingerprint density at radius 2 is 0.906 bits per heavy atom. The second-order valence-corrected chi connectivity index (χ2v) is 13.5. The van der Waals surface area contributed by atoms with Crippen molar-refractivity contribution in [2.45, 2.75) is 0 Å². The molecular formula is C51H34N2. The number of nitrogens with zero attached hydrogens (tertiary/aromatic N) is 2. The molecule has 0 atom stereocenters. The standard InChI is InChI=1S/C51H34N2/c1-5-17-35(18-6-1)44-34-45(36-19-7-2-8-20-36)50-43-31-30-40(53(39-24-11-4-12-25-39)48-32-29-37-21-13-16-28-47(37)52-48)33-46(43)41-26-14-15-27-42(41)51(50)49(44)38-22-9-3-10-23-38/h1-34H. The van der Waals surface area contributed by atoms with Crippen molar-refractivity contribution >= 4 is 60.4 Å². The fourth-order valence-corrected chi connectivity index (χ4v) is 8.05. The number of rotatable bonds is 6. The van der Waals surface area contributed by atoms with Crippen LogP contribution in [0.2, 0.25) is 0 Å². The molecule has 0 spiro atoms. The highest BCUT2D eigenvalue weighted by Gasteiger charge is 2.23. The summed E-state index contributed by atoms with van der Waals surface area (Å²) in [4.78, 5) is 7.46. The molecule has 1 aromatic heterocycles. The largest absolute Gasteiger partial charge is 0.295 e. The van der Waals surface area contributed by atoms with E-state index in [1.165, 1.54) is 65.7 Å². The summed E-state index contributed by atoms with van der Waals surface area (Å²) in [6.45, 7) is 0. The van der Waals surface area contributed by atoms with Gasteiger partial charge in [0.05, 0.1) is 5.52 Å². The summed E-state index contributed by atoms with van der Waals surface area (Å²) >= 11 is 0. The number of hydrogen-bond acceptors (Lipinski definition) is 2. The highest BCUT2D eigenvalue weighted by molar-refractivity contribution is 6.33. The summed E-state index contributed by atoms with van der Waals surface area (Å²) in [5.41, 5.74) is 10.4. The molecule has 0 radical (unpaired) electrons. The van der Waals surface area contributed by atoms with Crippen LogP contribution in [-0.4, -0.2) is 4.98 Å². The predicted molar refractivity (Wildman–Crippen MR) is 225 cm³/mol. The molecule has 248 valence electrons. The second kappa shape index (κ2) is 12.9. The fourth-order valence-electron chi connectivity index (χ4n) is 8.05. The highest BCUT2D eigenvalue weighted by atomic mass is 15.2. The minimum Gasteiger partial charge on any atom is -0.295 e. The molecule has 0 N–H and O–H groups in total. The lowest BCUT2D eigenvalue weighted by Gasteiger charge is -2.26. The summed E-state index contributed by atoms with van der Waals surface area (Å²) in [6.07, 6.45) is 0. The Balaban J connectivity index is 1.34. The van der Waals surface area contributed by atoms with Crippen molar-refractivity contribution in [2.75, 3.05) is 4.90 Å². The molecule has 9 aromatic carbocycles. The van der Waals surface area contributed by atoms with Crippen LogP contribution in [0.15, 0.2) is 206 Å². The summed E-state index contributed by atoms with van der Waals surface area (Å²) in [5, 5.41) is 8.52. The van der Waals surface area contributed by atoms with E-state index in [2.05, 4.69) is 211 Å². The molecule has 0 bridgehead atoms. The molecule has 1 heterocycles. The monoisotopic (exact) mass is 674 g/mol. The van der Waals surface area contributed by atoms with E-state index in [0.717, 1.165) is 28.1 Å². The lowest BCUT2D eigenvalue weighted by Crippen LogP contribution is -2.11. The van der Waals surface area contributed by atoms with Crippen molar-refractivity contribution < 1.29 is 0 Å². The lowest BCUT2D eigenvalue weighted by molar-refractivity contribution is 1.21. The van der Waals surface area contributed by atoms with Gasteiger partial charge in [-0.15, -0.1) is 0 Å². The molecule has 0 unspecified atom stereocenters. The molecule has 2 heteroatoms. The van der Waals surface area contributed by atoms with Gasteiger partial charge in [-0.3, -0.25) is 4.90 Å². The summed E-state index contributed by atoms with van der Waals surface area (Å²) in [5.74, 6) is 0.878. The number of benzene rings is 9. The van der Waals surface area contributed by atoms with Gasteiger partial charge in [-0.1, -0.05) is 158 Å². The summed E-state index contributed by atoms with van der Waals surface area (Å²) in [6, 6.07) is 74.1. The molecule has 0 saturated carbocycles. The van der Waals surface area contributed by atoms with Gasteiger partial charge in [-0.05, 0) is 114 Å². The van der Waals surface area contributed by atoms with Crippen LogP contribution in [0.4, 0.5) is 17.2 Å². The first-order valence-corrected chi connectivity index (χ1v) is 18.1. The molecule has 53 heavy (non-hydrogen) atoms. The fraction of sp³-hybridized carbons (Fsp3) is 0. The number of anilines is 3. The van der Waals surface area contributed by atoms with Gasteiger partial charge in [-0.25, -0.2) is 4.98 Å². The number of aromatic nitrogens is 1. The van der Waals surface area contributed by atoms with Gasteiger partial charge in [0, 0.05) is 16.8 Å². The van der Waals surface area contributed by atoms with Crippen LogP contribution in [0.25, 0.3) is 76.6 Å². The first-order valence-electron chi connectivity index (χ1n) is 18.1. The Bertz CT molecular complexity index is 2920. The van der Waals surface area contributed by atoms with E-state index in [9.17, 15) is 0 Å². The minimum absolute atomic E-state index is 0.878. The third-order valence-corrected chi connectivity index (χ3v) is 10.4. The van der Waals surface area contributed by atoms with Crippen LogP contribution >= 0.6 is 0 Å². The Morgan fingerprint density at radius 3 is 1.62 bits per heavy atom. The molecule has 10 aromatic rings. The van der Waals surface area contributed by atoms with E-state index in [4.69, 9.17) is 4.98 Å². The predicted octanol–water partition coefficient (Wildman–Crippen LogP) is 14.2. The number of pyridine rings is 1. The maximum absolute atomic E-state index is 5.18. The molecule has 10 rings (SSSR count). The number of hydrogen-bond donors (Lipinski definition) is 0. The molecule has 0 saturated heterocycles. The average molecular weight is 675 g/mol. The SMILES string of the molecule is c1ccc(-c2cc(-c3ccccc3)c3c4ccc(N(c5ccccc5)c5ccc6ccccc6n5)cc4c4ccccc4c3c2-c2ccccc2)cc1. The van der Waals surface area contributed by atoms with Crippen LogP contribution in [0.3, 0.4) is 0 Å². The van der Waals surface area contributed by atoms with Crippen molar-refractivity contribution in [3.63, 3.8) is 0 Å². The molecule has 0 amide bonds. The second-order valence-electron chi connectivity index (χ2n) is 13.5. The molecular weight excluding hydrogens is 641 g/mol. The van der Waals surface area contributed by atoms with Crippen LogP contribution in [0.5, 0.6) is 0 Å². The molecule has 0 aliphatic carbocycles. The van der Waals surface area contributed by atoms with E-state index in [1.807, 2.05) is 0 Å². The quantitative estimate of drug-likeness (QED) is 0.163. The number of fused-ring (bicyclic) bond motifs is 7. The maximum Gasteiger partial charge on any atom is 0.138 e. The Kier molecular flexibility index (Phi) is 7.51. The van der Waals surface area contributed by atoms with Gasteiger partial charge in [0.15, 0.2) is 0 Å². The van der Waals surface area contributed by atoms with Gasteiger partial charge in [0.1, 0.15) is 5.82 Å². The van der Waals surface area contributed by atoms with Gasteiger partial charge < -0.3 is 0 Å². The van der Waals surface area contributed by atoms with E-state index in [0.29, 0.717) is 0 Å². The van der Waals surface area contributed by atoms with Crippen molar-refractivity contribution in [2.24, 2.45) is 0 Å². The lowest BCUT2D eigenvalue weighted by atomic mass is 9.81. The maximum atomic E-state index is 5.18. The Hall–Kier alpha value is -7.03. The molecule has 0 fully saturated rings. The van der Waals surface area contributed by atoms with Crippen LogP contribution < -0.4 is 4.90 Å². The molecule has 2 nitrogen and oxygen atoms in total. The van der Waals surface area contributed by atoms with Crippen LogP contribution in [0.1, 0.15) is 0 Å². The van der Waals surface area contributed by atoms with Gasteiger partial charge in [0.25, 0.3) is 0 Å². The van der Waals surface area contributed by atoms with E-state index in [1.54, 1.807) is 0 Å². The van der Waals surface area contributed by atoms with Gasteiger partial charge >= 0.3 is 0 Å². The third-order valence-electron chi connectivity index (χ3n) is 10.4. The molecule has 0 aliphatic heterocycles. The zero-order valence-electron chi connectivity index (χ0n) is 29.0. The van der Waals surface area contributed by atoms with Crippen molar-refractivity contribution in [3.05, 3.63) is 206 Å². The van der Waals surface area contributed by atoms with E-state index >= 15 is 0 Å². The summed E-state index contributed by atoms with van der Waals surface area (Å²) in [7, 11) is 0. The zero-order chi connectivity index (χ0) is 35.1. The Labute approximate surface area is 308 Å². The average Bonchev–Trinajstić information content (AvgIpc) is 3.24. The van der Waals surface area contributed by atoms with Crippen LogP contribution in [0, 0.1) is 0 Å². The first-order chi connectivity index (χ1) is 26.3. The zero-order valence-corrected chi connectivity index (χ0v) is 29.0. The third kappa shape index (κ3) is 5.32. The van der Waals surface area contributed by atoms with Gasteiger partial charge in [0.2, 0.25) is 0 Å². The van der Waals surface area contributed by atoms with Crippen molar-refractivity contribution in [3.8, 4) is 33.4 Å². The smallest absolute Gasteiger partial charge is 0.138 e. The first kappa shape index (κ1) is 30.8. The van der Waals surface area contributed by atoms with Crippen molar-refractivity contribution in [1.29, 1.82) is 0 Å².